The zero-order valence-electron chi connectivity index (χ0n) is 9.79. The minimum Gasteiger partial charge on any atom is -0.390 e. The fraction of sp³-hybridized carbons (Fsp3) is 0.462. The highest BCUT2D eigenvalue weighted by atomic mass is 16.3. The molecule has 2 nitrogen and oxygen atoms in total. The molecule has 0 aliphatic heterocycles. The molecule has 2 heteroatoms. The minimum atomic E-state index is -0.936. The molecule has 0 aromatic heterocycles. The Morgan fingerprint density at radius 2 is 1.93 bits per heavy atom. The topological polar surface area (TPSA) is 37.3 Å². The number of ketones is 1. The van der Waals surface area contributed by atoms with E-state index >= 15 is 0 Å². The molecule has 0 atom stereocenters. The molecule has 0 saturated carbocycles. The van der Waals surface area contributed by atoms with Crippen LogP contribution in [0.25, 0.3) is 0 Å². The molecule has 1 aromatic carbocycles. The number of benzene rings is 1. The Bertz CT molecular complexity index is 373. The first-order valence-corrected chi connectivity index (χ1v) is 5.12. The van der Waals surface area contributed by atoms with Crippen molar-refractivity contribution in [3.05, 3.63) is 34.9 Å². The summed E-state index contributed by atoms with van der Waals surface area (Å²) in [5.41, 5.74) is 1.90. The summed E-state index contributed by atoms with van der Waals surface area (Å²) >= 11 is 0. The van der Waals surface area contributed by atoms with Crippen LogP contribution >= 0.6 is 0 Å². The third kappa shape index (κ3) is 3.48. The first-order valence-electron chi connectivity index (χ1n) is 5.12. The standard InChI is InChI=1S/C13H18O2/c1-9-5-6-11(10(2)7-9)12(14)8-13(3,4)15/h5-7,15H,8H2,1-4H3. The van der Waals surface area contributed by atoms with Crippen LogP contribution in [-0.4, -0.2) is 16.5 Å². The van der Waals surface area contributed by atoms with Crippen LogP contribution in [0.4, 0.5) is 0 Å². The predicted molar refractivity (Wildman–Crippen MR) is 61.2 cm³/mol. The van der Waals surface area contributed by atoms with Gasteiger partial charge in [0.25, 0.3) is 0 Å². The maximum atomic E-state index is 11.8. The minimum absolute atomic E-state index is 0.000000000000000666. The van der Waals surface area contributed by atoms with Gasteiger partial charge in [0, 0.05) is 12.0 Å². The van der Waals surface area contributed by atoms with Gasteiger partial charge in [-0.2, -0.15) is 0 Å². The summed E-state index contributed by atoms with van der Waals surface area (Å²) < 4.78 is 0. The van der Waals surface area contributed by atoms with E-state index in [4.69, 9.17) is 0 Å². The van der Waals surface area contributed by atoms with Crippen LogP contribution < -0.4 is 0 Å². The van der Waals surface area contributed by atoms with Gasteiger partial charge >= 0.3 is 0 Å². The fourth-order valence-electron chi connectivity index (χ4n) is 1.61. The molecule has 0 amide bonds. The van der Waals surface area contributed by atoms with E-state index in [0.717, 1.165) is 11.1 Å². The van der Waals surface area contributed by atoms with Crippen molar-refractivity contribution in [1.82, 2.24) is 0 Å². The van der Waals surface area contributed by atoms with Crippen LogP contribution in [0.15, 0.2) is 18.2 Å². The van der Waals surface area contributed by atoms with Gasteiger partial charge < -0.3 is 5.11 Å². The van der Waals surface area contributed by atoms with Crippen molar-refractivity contribution in [3.8, 4) is 0 Å². The van der Waals surface area contributed by atoms with E-state index in [1.54, 1.807) is 13.8 Å². The number of Topliss-reactive ketones (excluding diaryl/α,β-unsaturated/α-hetero) is 1. The second-order valence-corrected chi connectivity index (χ2v) is 4.73. The Morgan fingerprint density at radius 3 is 2.40 bits per heavy atom. The van der Waals surface area contributed by atoms with Crippen LogP contribution in [0, 0.1) is 13.8 Å². The number of hydrogen-bond donors (Lipinski definition) is 1. The molecule has 1 rings (SSSR count). The van der Waals surface area contributed by atoms with Crippen LogP contribution in [0.1, 0.15) is 41.8 Å². The Morgan fingerprint density at radius 1 is 1.33 bits per heavy atom. The Labute approximate surface area is 90.9 Å². The van der Waals surface area contributed by atoms with Crippen molar-refractivity contribution < 1.29 is 9.90 Å². The van der Waals surface area contributed by atoms with E-state index in [2.05, 4.69) is 0 Å². The molecule has 1 N–H and O–H groups in total. The lowest BCUT2D eigenvalue weighted by Gasteiger charge is -2.16. The van der Waals surface area contributed by atoms with Gasteiger partial charge in [0.05, 0.1) is 5.60 Å². The monoisotopic (exact) mass is 206 g/mol. The third-order valence-electron chi connectivity index (χ3n) is 2.28. The van der Waals surface area contributed by atoms with Gasteiger partial charge in [-0.1, -0.05) is 23.8 Å². The first kappa shape index (κ1) is 11.9. The van der Waals surface area contributed by atoms with E-state index in [1.165, 1.54) is 0 Å². The zero-order valence-corrected chi connectivity index (χ0v) is 9.79. The van der Waals surface area contributed by atoms with Crippen molar-refractivity contribution in [2.45, 2.75) is 39.7 Å². The number of aryl methyl sites for hydroxylation is 2. The molecule has 0 spiro atoms. The molecule has 1 aromatic rings. The SMILES string of the molecule is Cc1ccc(C(=O)CC(C)(C)O)c(C)c1. The largest absolute Gasteiger partial charge is 0.390 e. The molecule has 0 aliphatic carbocycles. The fourth-order valence-corrected chi connectivity index (χ4v) is 1.61. The molecular formula is C13H18O2. The van der Waals surface area contributed by atoms with E-state index in [-0.39, 0.29) is 12.2 Å². The maximum absolute atomic E-state index is 11.8. The second-order valence-electron chi connectivity index (χ2n) is 4.73. The van der Waals surface area contributed by atoms with Gasteiger partial charge in [0.1, 0.15) is 0 Å². The lowest BCUT2D eigenvalue weighted by molar-refractivity contribution is 0.0587. The third-order valence-corrected chi connectivity index (χ3v) is 2.28. The molecule has 0 radical (unpaired) electrons. The number of hydrogen-bond acceptors (Lipinski definition) is 2. The smallest absolute Gasteiger partial charge is 0.165 e. The van der Waals surface area contributed by atoms with Crippen LogP contribution in [-0.2, 0) is 0 Å². The normalized spacial score (nSPS) is 11.5. The van der Waals surface area contributed by atoms with Crippen LogP contribution in [0.5, 0.6) is 0 Å². The summed E-state index contributed by atoms with van der Waals surface area (Å²) in [7, 11) is 0. The van der Waals surface area contributed by atoms with E-state index in [9.17, 15) is 9.90 Å². The van der Waals surface area contributed by atoms with Crippen molar-refractivity contribution >= 4 is 5.78 Å². The Balaban J connectivity index is 2.92. The summed E-state index contributed by atoms with van der Waals surface area (Å²) in [5, 5.41) is 9.57. The second kappa shape index (κ2) is 4.15. The quantitative estimate of drug-likeness (QED) is 0.772. The van der Waals surface area contributed by atoms with Gasteiger partial charge in [0.2, 0.25) is 0 Å². The highest BCUT2D eigenvalue weighted by molar-refractivity contribution is 5.98. The number of rotatable bonds is 3. The van der Waals surface area contributed by atoms with Crippen LogP contribution in [0.2, 0.25) is 0 Å². The van der Waals surface area contributed by atoms with Gasteiger partial charge in [-0.25, -0.2) is 0 Å². The molecule has 0 aliphatic rings. The summed E-state index contributed by atoms with van der Waals surface area (Å²) in [6.07, 6.45) is 0.164. The van der Waals surface area contributed by atoms with Gasteiger partial charge in [-0.15, -0.1) is 0 Å². The van der Waals surface area contributed by atoms with E-state index in [0.29, 0.717) is 5.56 Å². The lowest BCUT2D eigenvalue weighted by atomic mass is 9.94. The Kier molecular flexibility index (Phi) is 3.30. The molecule has 82 valence electrons. The van der Waals surface area contributed by atoms with Gasteiger partial charge in [0.15, 0.2) is 5.78 Å². The molecule has 0 bridgehead atoms. The number of carbonyl (C=O) groups excluding carboxylic acids is 1. The van der Waals surface area contributed by atoms with Gasteiger partial charge in [-0.3, -0.25) is 4.79 Å². The average molecular weight is 206 g/mol. The highest BCUT2D eigenvalue weighted by Gasteiger charge is 2.20. The van der Waals surface area contributed by atoms with Gasteiger partial charge in [-0.05, 0) is 33.3 Å². The summed E-state index contributed by atoms with van der Waals surface area (Å²) in [5.74, 6) is 0.000000000000000666. The summed E-state index contributed by atoms with van der Waals surface area (Å²) in [6, 6.07) is 5.74. The first-order chi connectivity index (χ1) is 6.79. The average Bonchev–Trinajstić information content (AvgIpc) is 1.99. The van der Waals surface area contributed by atoms with E-state index in [1.807, 2.05) is 32.0 Å². The van der Waals surface area contributed by atoms with Crippen molar-refractivity contribution in [1.29, 1.82) is 0 Å². The predicted octanol–water partition coefficient (Wildman–Crippen LogP) is 2.65. The summed E-state index contributed by atoms with van der Waals surface area (Å²) in [4.78, 5) is 11.8. The van der Waals surface area contributed by atoms with Crippen LogP contribution in [0.3, 0.4) is 0 Å². The van der Waals surface area contributed by atoms with Crippen molar-refractivity contribution in [2.75, 3.05) is 0 Å². The molecular weight excluding hydrogens is 188 g/mol. The number of aliphatic hydroxyl groups is 1. The maximum Gasteiger partial charge on any atom is 0.165 e. The lowest BCUT2D eigenvalue weighted by Crippen LogP contribution is -2.23. The Hall–Kier alpha value is -1.15. The molecule has 0 heterocycles. The van der Waals surface area contributed by atoms with E-state index < -0.39 is 5.60 Å². The zero-order chi connectivity index (χ0) is 11.6. The molecule has 15 heavy (non-hydrogen) atoms. The molecule has 0 saturated heterocycles. The van der Waals surface area contributed by atoms with Crippen molar-refractivity contribution in [2.24, 2.45) is 0 Å². The molecule has 0 fully saturated rings. The number of carbonyl (C=O) groups is 1. The molecule has 0 unspecified atom stereocenters. The summed E-state index contributed by atoms with van der Waals surface area (Å²) in [6.45, 7) is 7.21. The highest BCUT2D eigenvalue weighted by Crippen LogP contribution is 2.17. The van der Waals surface area contributed by atoms with Crippen molar-refractivity contribution in [3.63, 3.8) is 0 Å².